The minimum Gasteiger partial charge on any atom is -0.491 e. The van der Waals surface area contributed by atoms with Crippen LogP contribution >= 0.6 is 11.6 Å². The number of benzene rings is 1. The molecule has 3 unspecified atom stereocenters. The molecule has 0 aliphatic heterocycles. The van der Waals surface area contributed by atoms with Crippen LogP contribution in [-0.2, 0) is 10.2 Å². The minimum absolute atomic E-state index is 0.0603. The average molecular weight is 313 g/mol. The van der Waals surface area contributed by atoms with Crippen LogP contribution in [0.4, 0.5) is 0 Å². The Kier molecular flexibility index (Phi) is 7.02. The molecule has 1 rings (SSSR count). The first-order valence-electron chi connectivity index (χ1n) is 7.69. The van der Waals surface area contributed by atoms with E-state index in [1.807, 2.05) is 26.0 Å². The third-order valence-corrected chi connectivity index (χ3v) is 4.06. The zero-order valence-corrected chi connectivity index (χ0v) is 14.9. The summed E-state index contributed by atoms with van der Waals surface area (Å²) in [6.07, 6.45) is 0.0603. The third-order valence-electron chi connectivity index (χ3n) is 3.63. The van der Waals surface area contributed by atoms with E-state index in [9.17, 15) is 0 Å². The van der Waals surface area contributed by atoms with Crippen LogP contribution in [0.15, 0.2) is 24.3 Å². The molecule has 0 radical (unpaired) electrons. The molecule has 2 nitrogen and oxygen atoms in total. The highest BCUT2D eigenvalue weighted by Crippen LogP contribution is 2.24. The minimum atomic E-state index is 0.0603. The number of alkyl halides is 1. The largest absolute Gasteiger partial charge is 0.491 e. The smallest absolute Gasteiger partial charge is 0.119 e. The Labute approximate surface area is 134 Å². The van der Waals surface area contributed by atoms with E-state index in [0.717, 1.165) is 5.75 Å². The summed E-state index contributed by atoms with van der Waals surface area (Å²) < 4.78 is 11.5. The second-order valence-electron chi connectivity index (χ2n) is 6.88. The molecular weight excluding hydrogens is 284 g/mol. The summed E-state index contributed by atoms with van der Waals surface area (Å²) in [4.78, 5) is 0. The van der Waals surface area contributed by atoms with Crippen LogP contribution in [0.25, 0.3) is 0 Å². The monoisotopic (exact) mass is 312 g/mol. The van der Waals surface area contributed by atoms with E-state index in [4.69, 9.17) is 21.1 Å². The van der Waals surface area contributed by atoms with Gasteiger partial charge in [-0.05, 0) is 42.9 Å². The Morgan fingerprint density at radius 1 is 1.00 bits per heavy atom. The van der Waals surface area contributed by atoms with Crippen LogP contribution in [0.5, 0.6) is 5.75 Å². The van der Waals surface area contributed by atoms with Gasteiger partial charge in [-0.2, -0.15) is 0 Å². The predicted octanol–water partition coefficient (Wildman–Crippen LogP) is 5.03. The second kappa shape index (κ2) is 8.05. The Balaban J connectivity index is 2.38. The van der Waals surface area contributed by atoms with Crippen molar-refractivity contribution in [1.82, 2.24) is 0 Å². The van der Waals surface area contributed by atoms with Gasteiger partial charge in [-0.1, -0.05) is 39.8 Å². The summed E-state index contributed by atoms with van der Waals surface area (Å²) in [6.45, 7) is 13.9. The van der Waals surface area contributed by atoms with Crippen molar-refractivity contribution in [3.05, 3.63) is 29.8 Å². The zero-order chi connectivity index (χ0) is 16.0. The standard InChI is InChI=1S/C18H29ClO2/c1-13(15(3)19)11-20-14(2)12-21-17-9-7-16(8-10-17)18(4,5)6/h7-10,13-15H,11-12H2,1-6H3. The fraction of sp³-hybridized carbons (Fsp3) is 0.667. The van der Waals surface area contributed by atoms with Crippen LogP contribution in [0, 0.1) is 5.92 Å². The molecule has 0 N–H and O–H groups in total. The lowest BCUT2D eigenvalue weighted by molar-refractivity contribution is 0.0154. The molecule has 0 saturated carbocycles. The van der Waals surface area contributed by atoms with Gasteiger partial charge in [-0.25, -0.2) is 0 Å². The molecule has 3 heteroatoms. The summed E-state index contributed by atoms with van der Waals surface area (Å²) in [5.41, 5.74) is 1.48. The maximum absolute atomic E-state index is 6.02. The van der Waals surface area contributed by atoms with Gasteiger partial charge in [0.15, 0.2) is 0 Å². The highest BCUT2D eigenvalue weighted by molar-refractivity contribution is 6.20. The van der Waals surface area contributed by atoms with Crippen LogP contribution < -0.4 is 4.74 Å². The molecule has 120 valence electrons. The van der Waals surface area contributed by atoms with Crippen LogP contribution in [0.1, 0.15) is 47.1 Å². The fourth-order valence-electron chi connectivity index (χ4n) is 1.76. The lowest BCUT2D eigenvalue weighted by Gasteiger charge is -2.20. The quantitative estimate of drug-likeness (QED) is 0.657. The summed E-state index contributed by atoms with van der Waals surface area (Å²) in [5.74, 6) is 1.23. The molecule has 1 aromatic rings. The second-order valence-corrected chi connectivity index (χ2v) is 7.57. The first-order valence-corrected chi connectivity index (χ1v) is 8.13. The van der Waals surface area contributed by atoms with Crippen LogP contribution in [0.3, 0.4) is 0 Å². The number of hydrogen-bond acceptors (Lipinski definition) is 2. The first kappa shape index (κ1) is 18.3. The SMILES string of the molecule is CC(COc1ccc(C(C)(C)C)cc1)OCC(C)C(C)Cl. The molecule has 0 aromatic heterocycles. The predicted molar refractivity (Wildman–Crippen MR) is 90.5 cm³/mol. The van der Waals surface area contributed by atoms with Gasteiger partial charge < -0.3 is 9.47 Å². The summed E-state index contributed by atoms with van der Waals surface area (Å²) in [7, 11) is 0. The van der Waals surface area contributed by atoms with Gasteiger partial charge in [0.2, 0.25) is 0 Å². The molecule has 0 fully saturated rings. The lowest BCUT2D eigenvalue weighted by Crippen LogP contribution is -2.23. The normalized spacial score (nSPS) is 16.3. The van der Waals surface area contributed by atoms with E-state index in [0.29, 0.717) is 19.1 Å². The Hall–Kier alpha value is -0.730. The molecule has 0 saturated heterocycles. The molecule has 21 heavy (non-hydrogen) atoms. The third kappa shape index (κ3) is 6.71. The van der Waals surface area contributed by atoms with Crippen molar-refractivity contribution < 1.29 is 9.47 Å². The maximum Gasteiger partial charge on any atom is 0.119 e. The Morgan fingerprint density at radius 2 is 1.57 bits per heavy atom. The van der Waals surface area contributed by atoms with Crippen molar-refractivity contribution in [1.29, 1.82) is 0 Å². The summed E-state index contributed by atoms with van der Waals surface area (Å²) in [5, 5.41) is 0.128. The van der Waals surface area contributed by atoms with E-state index in [1.165, 1.54) is 5.56 Å². The van der Waals surface area contributed by atoms with Crippen molar-refractivity contribution in [3.63, 3.8) is 0 Å². The highest BCUT2D eigenvalue weighted by Gasteiger charge is 2.14. The van der Waals surface area contributed by atoms with Crippen molar-refractivity contribution in [3.8, 4) is 5.75 Å². The highest BCUT2D eigenvalue weighted by atomic mass is 35.5. The van der Waals surface area contributed by atoms with E-state index in [-0.39, 0.29) is 16.9 Å². The fourth-order valence-corrected chi connectivity index (χ4v) is 1.83. The van der Waals surface area contributed by atoms with Crippen molar-refractivity contribution in [2.24, 2.45) is 5.92 Å². The van der Waals surface area contributed by atoms with Gasteiger partial charge >= 0.3 is 0 Å². The molecular formula is C18H29ClO2. The first-order chi connectivity index (χ1) is 9.70. The summed E-state index contributed by atoms with van der Waals surface area (Å²) >= 11 is 6.02. The molecule has 0 aliphatic rings. The number of halogens is 1. The average Bonchev–Trinajstić information content (AvgIpc) is 2.41. The Bertz CT molecular complexity index is 406. The van der Waals surface area contributed by atoms with E-state index < -0.39 is 0 Å². The molecule has 0 amide bonds. The zero-order valence-electron chi connectivity index (χ0n) is 14.2. The lowest BCUT2D eigenvalue weighted by atomic mass is 9.87. The topological polar surface area (TPSA) is 18.5 Å². The van der Waals surface area contributed by atoms with Gasteiger partial charge in [-0.3, -0.25) is 0 Å². The number of rotatable bonds is 7. The molecule has 0 heterocycles. The van der Waals surface area contributed by atoms with E-state index in [1.54, 1.807) is 0 Å². The number of ether oxygens (including phenoxy) is 2. The molecule has 0 spiro atoms. The van der Waals surface area contributed by atoms with Gasteiger partial charge in [0, 0.05) is 5.38 Å². The van der Waals surface area contributed by atoms with Gasteiger partial charge in [0.25, 0.3) is 0 Å². The van der Waals surface area contributed by atoms with Gasteiger partial charge in [-0.15, -0.1) is 11.6 Å². The van der Waals surface area contributed by atoms with Crippen LogP contribution in [-0.4, -0.2) is 24.7 Å². The molecule has 3 atom stereocenters. The van der Waals surface area contributed by atoms with Crippen molar-refractivity contribution in [2.45, 2.75) is 58.4 Å². The van der Waals surface area contributed by atoms with Crippen molar-refractivity contribution >= 4 is 11.6 Å². The summed E-state index contributed by atoms with van der Waals surface area (Å²) in [6, 6.07) is 8.30. The van der Waals surface area contributed by atoms with E-state index >= 15 is 0 Å². The molecule has 0 bridgehead atoms. The molecule has 0 aliphatic carbocycles. The van der Waals surface area contributed by atoms with E-state index in [2.05, 4.69) is 39.8 Å². The number of hydrogen-bond donors (Lipinski definition) is 0. The molecule has 1 aromatic carbocycles. The van der Waals surface area contributed by atoms with Gasteiger partial charge in [0.05, 0.1) is 12.7 Å². The van der Waals surface area contributed by atoms with Crippen LogP contribution in [0.2, 0.25) is 0 Å². The Morgan fingerprint density at radius 3 is 2.05 bits per heavy atom. The maximum atomic E-state index is 6.02. The van der Waals surface area contributed by atoms with Gasteiger partial charge in [0.1, 0.15) is 12.4 Å². The van der Waals surface area contributed by atoms with Crippen molar-refractivity contribution in [2.75, 3.05) is 13.2 Å².